The molecular weight excluding hydrogens is 212 g/mol. The predicted octanol–water partition coefficient (Wildman–Crippen LogP) is 2.08. The van der Waals surface area contributed by atoms with Gasteiger partial charge in [-0.2, -0.15) is 5.10 Å². The molecule has 2 aromatic rings. The lowest BCUT2D eigenvalue weighted by molar-refractivity contribution is 0.839. The smallest absolute Gasteiger partial charge is 0.126 e. The molecule has 0 aliphatic rings. The zero-order valence-corrected chi connectivity index (χ0v) is 10.3. The molecule has 0 aliphatic heterocycles. The van der Waals surface area contributed by atoms with E-state index in [1.165, 1.54) is 5.56 Å². The van der Waals surface area contributed by atoms with Crippen molar-refractivity contribution in [3.8, 4) is 5.69 Å². The largest absolute Gasteiger partial charge is 0.384 e. The van der Waals surface area contributed by atoms with E-state index in [1.807, 2.05) is 17.7 Å². The fourth-order valence-corrected chi connectivity index (χ4v) is 1.96. The van der Waals surface area contributed by atoms with Crippen molar-refractivity contribution >= 4 is 5.84 Å². The Bertz CT molecular complexity index is 581. The molecule has 1 aromatic heterocycles. The van der Waals surface area contributed by atoms with Crippen molar-refractivity contribution in [2.24, 2.45) is 5.73 Å². The molecule has 0 aliphatic carbocycles. The van der Waals surface area contributed by atoms with E-state index in [9.17, 15) is 0 Å². The molecule has 0 saturated carbocycles. The van der Waals surface area contributed by atoms with Crippen LogP contribution in [0.1, 0.15) is 22.4 Å². The number of aryl methyl sites for hydroxylation is 2. The molecule has 3 N–H and O–H groups in total. The van der Waals surface area contributed by atoms with Crippen LogP contribution in [0.4, 0.5) is 0 Å². The monoisotopic (exact) mass is 228 g/mol. The minimum Gasteiger partial charge on any atom is -0.384 e. The minimum atomic E-state index is 0.0542. The molecule has 0 saturated heterocycles. The zero-order valence-electron chi connectivity index (χ0n) is 10.3. The van der Waals surface area contributed by atoms with Gasteiger partial charge in [-0.15, -0.1) is 0 Å². The van der Waals surface area contributed by atoms with Crippen molar-refractivity contribution in [3.63, 3.8) is 0 Å². The van der Waals surface area contributed by atoms with Gasteiger partial charge in [0.15, 0.2) is 0 Å². The van der Waals surface area contributed by atoms with Gasteiger partial charge in [0.2, 0.25) is 0 Å². The zero-order chi connectivity index (χ0) is 12.6. The van der Waals surface area contributed by atoms with Gasteiger partial charge in [0.05, 0.1) is 23.1 Å². The van der Waals surface area contributed by atoms with E-state index >= 15 is 0 Å². The van der Waals surface area contributed by atoms with Crippen LogP contribution in [0.3, 0.4) is 0 Å². The summed E-state index contributed by atoms with van der Waals surface area (Å²) in [5, 5.41) is 11.8. The molecule has 0 atom stereocenters. The third kappa shape index (κ3) is 1.93. The Morgan fingerprint density at radius 2 is 2.00 bits per heavy atom. The first kappa shape index (κ1) is 11.4. The van der Waals surface area contributed by atoms with Crippen LogP contribution in [0.25, 0.3) is 5.69 Å². The standard InChI is InChI=1S/C13H16N4/c1-8-4-5-12(9(2)6-8)17-10(3)11(7-16-17)13(14)15/h4-7H,1-3H3,(H3,14,15). The van der Waals surface area contributed by atoms with Crippen molar-refractivity contribution in [1.82, 2.24) is 9.78 Å². The number of nitrogens with zero attached hydrogens (tertiary/aromatic N) is 2. The van der Waals surface area contributed by atoms with Gasteiger partial charge < -0.3 is 5.73 Å². The first-order valence-electron chi connectivity index (χ1n) is 5.47. The van der Waals surface area contributed by atoms with Crippen molar-refractivity contribution in [1.29, 1.82) is 5.41 Å². The van der Waals surface area contributed by atoms with Crippen molar-refractivity contribution in [2.45, 2.75) is 20.8 Å². The second-order valence-electron chi connectivity index (χ2n) is 4.26. The summed E-state index contributed by atoms with van der Waals surface area (Å²) < 4.78 is 1.82. The lowest BCUT2D eigenvalue weighted by Gasteiger charge is -2.09. The Hall–Kier alpha value is -2.10. The number of rotatable bonds is 2. The molecule has 2 rings (SSSR count). The Morgan fingerprint density at radius 3 is 2.53 bits per heavy atom. The van der Waals surface area contributed by atoms with E-state index < -0.39 is 0 Å². The fourth-order valence-electron chi connectivity index (χ4n) is 1.96. The molecule has 0 spiro atoms. The van der Waals surface area contributed by atoms with Crippen LogP contribution in [0.15, 0.2) is 24.4 Å². The SMILES string of the molecule is Cc1ccc(-n2ncc(C(=N)N)c2C)c(C)c1. The number of aromatic nitrogens is 2. The van der Waals surface area contributed by atoms with Gasteiger partial charge in [0.25, 0.3) is 0 Å². The number of hydrogen-bond donors (Lipinski definition) is 2. The van der Waals surface area contributed by atoms with E-state index in [2.05, 4.69) is 31.1 Å². The summed E-state index contributed by atoms with van der Waals surface area (Å²) in [6.45, 7) is 6.04. The molecule has 1 aromatic carbocycles. The molecule has 4 nitrogen and oxygen atoms in total. The summed E-state index contributed by atoms with van der Waals surface area (Å²) in [7, 11) is 0. The molecule has 17 heavy (non-hydrogen) atoms. The molecule has 0 fully saturated rings. The molecule has 0 unspecified atom stereocenters. The Morgan fingerprint density at radius 1 is 1.29 bits per heavy atom. The molecule has 0 radical (unpaired) electrons. The summed E-state index contributed by atoms with van der Waals surface area (Å²) in [5.74, 6) is 0.0542. The number of nitrogen functional groups attached to an aromatic ring is 1. The first-order chi connectivity index (χ1) is 8.00. The second kappa shape index (κ2) is 4.05. The normalized spacial score (nSPS) is 10.5. The summed E-state index contributed by atoms with van der Waals surface area (Å²) in [6, 6.07) is 6.20. The first-order valence-corrected chi connectivity index (χ1v) is 5.47. The van der Waals surface area contributed by atoms with Gasteiger partial charge in [-0.1, -0.05) is 17.7 Å². The Kier molecular flexibility index (Phi) is 2.71. The maximum atomic E-state index is 7.46. The van der Waals surface area contributed by atoms with E-state index in [-0.39, 0.29) is 5.84 Å². The van der Waals surface area contributed by atoms with Crippen molar-refractivity contribution in [2.75, 3.05) is 0 Å². The number of nitrogens with two attached hydrogens (primary N) is 1. The van der Waals surface area contributed by atoms with Crippen LogP contribution in [-0.2, 0) is 0 Å². The number of hydrogen-bond acceptors (Lipinski definition) is 2. The minimum absolute atomic E-state index is 0.0542. The van der Waals surface area contributed by atoms with Crippen molar-refractivity contribution in [3.05, 3.63) is 46.8 Å². The van der Waals surface area contributed by atoms with Crippen LogP contribution in [0.5, 0.6) is 0 Å². The third-order valence-electron chi connectivity index (χ3n) is 2.88. The van der Waals surface area contributed by atoms with Crippen LogP contribution in [0, 0.1) is 26.2 Å². The average molecular weight is 228 g/mol. The number of benzene rings is 1. The average Bonchev–Trinajstić information content (AvgIpc) is 2.60. The van der Waals surface area contributed by atoms with Crippen LogP contribution >= 0.6 is 0 Å². The lowest BCUT2D eigenvalue weighted by Crippen LogP contribution is -2.12. The van der Waals surface area contributed by atoms with Crippen LogP contribution < -0.4 is 5.73 Å². The summed E-state index contributed by atoms with van der Waals surface area (Å²) in [5.41, 5.74) is 10.5. The molecule has 88 valence electrons. The van der Waals surface area contributed by atoms with Gasteiger partial charge in [0.1, 0.15) is 5.84 Å². The summed E-state index contributed by atoms with van der Waals surface area (Å²) in [6.07, 6.45) is 1.64. The molecule has 0 amide bonds. The maximum Gasteiger partial charge on any atom is 0.126 e. The predicted molar refractivity (Wildman–Crippen MR) is 68.8 cm³/mol. The van der Waals surface area contributed by atoms with Crippen molar-refractivity contribution < 1.29 is 0 Å². The van der Waals surface area contributed by atoms with E-state index in [1.54, 1.807) is 6.20 Å². The summed E-state index contributed by atoms with van der Waals surface area (Å²) >= 11 is 0. The second-order valence-corrected chi connectivity index (χ2v) is 4.26. The Balaban J connectivity index is 2.57. The number of nitrogens with one attached hydrogen (secondary N) is 1. The molecule has 4 heteroatoms. The van der Waals surface area contributed by atoms with Gasteiger partial charge in [-0.25, -0.2) is 4.68 Å². The topological polar surface area (TPSA) is 67.7 Å². The van der Waals surface area contributed by atoms with E-state index in [0.29, 0.717) is 5.56 Å². The van der Waals surface area contributed by atoms with Gasteiger partial charge in [0, 0.05) is 0 Å². The van der Waals surface area contributed by atoms with Crippen LogP contribution in [-0.4, -0.2) is 15.6 Å². The maximum absolute atomic E-state index is 7.46. The highest BCUT2D eigenvalue weighted by Crippen LogP contribution is 2.18. The third-order valence-corrected chi connectivity index (χ3v) is 2.88. The van der Waals surface area contributed by atoms with Gasteiger partial charge in [-0.3, -0.25) is 5.41 Å². The highest BCUT2D eigenvalue weighted by Gasteiger charge is 2.11. The Labute approximate surface area is 101 Å². The quantitative estimate of drug-likeness (QED) is 0.610. The summed E-state index contributed by atoms with van der Waals surface area (Å²) in [4.78, 5) is 0. The molecule has 0 bridgehead atoms. The van der Waals surface area contributed by atoms with E-state index in [4.69, 9.17) is 11.1 Å². The lowest BCUT2D eigenvalue weighted by atomic mass is 10.1. The highest BCUT2D eigenvalue weighted by atomic mass is 15.3. The molecule has 1 heterocycles. The highest BCUT2D eigenvalue weighted by molar-refractivity contribution is 5.95. The number of amidine groups is 1. The van der Waals surface area contributed by atoms with Gasteiger partial charge in [-0.05, 0) is 32.4 Å². The molecular formula is C13H16N4. The van der Waals surface area contributed by atoms with Crippen LogP contribution in [0.2, 0.25) is 0 Å². The fraction of sp³-hybridized carbons (Fsp3) is 0.231. The van der Waals surface area contributed by atoms with E-state index in [0.717, 1.165) is 16.9 Å². The van der Waals surface area contributed by atoms with Gasteiger partial charge >= 0.3 is 0 Å².